The maximum absolute atomic E-state index is 13.7. The number of methoxy groups -OCH3 is 1. The summed E-state index contributed by atoms with van der Waals surface area (Å²) in [6.45, 7) is -0.259. The van der Waals surface area contributed by atoms with E-state index in [0.29, 0.717) is 5.02 Å². The number of halogens is 2. The summed E-state index contributed by atoms with van der Waals surface area (Å²) in [4.78, 5) is 12.2. The number of hydrogen-bond donors (Lipinski definition) is 2. The van der Waals surface area contributed by atoms with Crippen LogP contribution in [-0.4, -0.2) is 46.4 Å². The molecule has 2 aromatic carbocycles. The third kappa shape index (κ3) is 5.09. The Kier molecular flexibility index (Phi) is 6.63. The van der Waals surface area contributed by atoms with Crippen molar-refractivity contribution < 1.29 is 22.3 Å². The number of carbonyl (C=O) groups excluding carboxylic acids is 1. The lowest BCUT2D eigenvalue weighted by atomic mass is 10.3. The Labute approximate surface area is 162 Å². The average Bonchev–Trinajstić information content (AvgIpc) is 2.62. The normalized spacial score (nSPS) is 11.3. The zero-order valence-electron chi connectivity index (χ0n) is 14.9. The van der Waals surface area contributed by atoms with Crippen LogP contribution in [0.15, 0.2) is 41.3 Å². The molecule has 0 unspecified atom stereocenters. The summed E-state index contributed by atoms with van der Waals surface area (Å²) < 4.78 is 44.4. The number of nitrogens with one attached hydrogen (secondary N) is 2. The van der Waals surface area contributed by atoms with Gasteiger partial charge in [-0.2, -0.15) is 0 Å². The van der Waals surface area contributed by atoms with Crippen molar-refractivity contribution in [1.82, 2.24) is 4.31 Å². The Morgan fingerprint density at radius 2 is 1.89 bits per heavy atom. The molecule has 2 N–H and O–H groups in total. The Balaban J connectivity index is 2.17. The Bertz CT molecular complexity index is 951. The summed E-state index contributed by atoms with van der Waals surface area (Å²) in [6, 6.07) is 8.05. The van der Waals surface area contributed by atoms with Crippen LogP contribution < -0.4 is 15.4 Å². The van der Waals surface area contributed by atoms with Crippen LogP contribution in [0.5, 0.6) is 5.75 Å². The molecule has 7 nitrogen and oxygen atoms in total. The maximum Gasteiger partial charge on any atom is 0.243 e. The van der Waals surface area contributed by atoms with Crippen molar-refractivity contribution in [3.63, 3.8) is 0 Å². The number of anilines is 2. The molecule has 0 heterocycles. The van der Waals surface area contributed by atoms with Crippen LogP contribution in [0.1, 0.15) is 0 Å². The molecule has 0 atom stereocenters. The first-order valence-corrected chi connectivity index (χ1v) is 9.56. The van der Waals surface area contributed by atoms with E-state index in [1.807, 2.05) is 0 Å². The predicted molar refractivity (Wildman–Crippen MR) is 102 cm³/mol. The van der Waals surface area contributed by atoms with Gasteiger partial charge in [0.2, 0.25) is 15.9 Å². The van der Waals surface area contributed by atoms with E-state index in [4.69, 9.17) is 16.3 Å². The molecular formula is C17H19ClFN3O4S. The molecule has 1 amide bonds. The molecule has 27 heavy (non-hydrogen) atoms. The molecule has 0 saturated heterocycles. The number of hydrogen-bond acceptors (Lipinski definition) is 5. The number of amides is 1. The van der Waals surface area contributed by atoms with Gasteiger partial charge in [0, 0.05) is 19.1 Å². The third-order valence-electron chi connectivity index (χ3n) is 3.59. The van der Waals surface area contributed by atoms with Gasteiger partial charge in [0.1, 0.15) is 11.6 Å². The molecule has 0 saturated carbocycles. The van der Waals surface area contributed by atoms with Crippen LogP contribution in [0.25, 0.3) is 0 Å². The SMILES string of the molecule is COc1ccc(S(=O)(=O)N(C)C)cc1NC(=O)CNc1cc(Cl)ccc1F. The maximum atomic E-state index is 13.7. The summed E-state index contributed by atoms with van der Waals surface area (Å²) in [7, 11) is 0.522. The van der Waals surface area contributed by atoms with Gasteiger partial charge in [-0.3, -0.25) is 4.79 Å². The van der Waals surface area contributed by atoms with E-state index in [-0.39, 0.29) is 28.6 Å². The molecule has 2 rings (SSSR count). The van der Waals surface area contributed by atoms with E-state index < -0.39 is 21.7 Å². The minimum atomic E-state index is -3.68. The van der Waals surface area contributed by atoms with Gasteiger partial charge < -0.3 is 15.4 Å². The lowest BCUT2D eigenvalue weighted by molar-refractivity contribution is -0.114. The monoisotopic (exact) mass is 415 g/mol. The fourth-order valence-electron chi connectivity index (χ4n) is 2.16. The fraction of sp³-hybridized carbons (Fsp3) is 0.235. The van der Waals surface area contributed by atoms with E-state index in [1.165, 1.54) is 57.6 Å². The topological polar surface area (TPSA) is 87.7 Å². The first kappa shape index (κ1) is 20.9. The first-order chi connectivity index (χ1) is 12.6. The predicted octanol–water partition coefficient (Wildman–Crippen LogP) is 2.79. The molecule has 0 aliphatic carbocycles. The number of ether oxygens (including phenoxy) is 1. The van der Waals surface area contributed by atoms with Crippen molar-refractivity contribution in [1.29, 1.82) is 0 Å². The van der Waals surface area contributed by atoms with Crippen LogP contribution in [0, 0.1) is 5.82 Å². The molecule has 0 bridgehead atoms. The van der Waals surface area contributed by atoms with E-state index in [9.17, 15) is 17.6 Å². The fourth-order valence-corrected chi connectivity index (χ4v) is 3.26. The van der Waals surface area contributed by atoms with E-state index in [2.05, 4.69) is 10.6 Å². The average molecular weight is 416 g/mol. The van der Waals surface area contributed by atoms with Gasteiger partial charge in [0.15, 0.2) is 0 Å². The van der Waals surface area contributed by atoms with Gasteiger partial charge in [0.25, 0.3) is 0 Å². The quantitative estimate of drug-likeness (QED) is 0.726. The highest BCUT2D eigenvalue weighted by Crippen LogP contribution is 2.28. The molecule has 0 aliphatic rings. The second-order valence-corrected chi connectivity index (χ2v) is 8.26. The van der Waals surface area contributed by atoms with E-state index in [1.54, 1.807) is 0 Å². The molecule has 0 fully saturated rings. The highest BCUT2D eigenvalue weighted by atomic mass is 35.5. The summed E-state index contributed by atoms with van der Waals surface area (Å²) in [5.41, 5.74) is 0.257. The number of benzene rings is 2. The van der Waals surface area contributed by atoms with E-state index >= 15 is 0 Å². The smallest absolute Gasteiger partial charge is 0.243 e. The highest BCUT2D eigenvalue weighted by molar-refractivity contribution is 7.89. The van der Waals surface area contributed by atoms with Crippen LogP contribution in [-0.2, 0) is 14.8 Å². The number of rotatable bonds is 7. The Morgan fingerprint density at radius 3 is 2.52 bits per heavy atom. The van der Waals surface area contributed by atoms with Crippen molar-refractivity contribution in [3.05, 3.63) is 47.2 Å². The van der Waals surface area contributed by atoms with Gasteiger partial charge in [-0.25, -0.2) is 17.1 Å². The van der Waals surface area contributed by atoms with Crippen molar-refractivity contribution in [2.24, 2.45) is 0 Å². The minimum Gasteiger partial charge on any atom is -0.495 e. The number of carbonyl (C=O) groups is 1. The van der Waals surface area contributed by atoms with Crippen LogP contribution >= 0.6 is 11.6 Å². The van der Waals surface area contributed by atoms with Gasteiger partial charge >= 0.3 is 0 Å². The Hall–Kier alpha value is -2.36. The van der Waals surface area contributed by atoms with Gasteiger partial charge in [-0.15, -0.1) is 0 Å². The largest absolute Gasteiger partial charge is 0.495 e. The second-order valence-electron chi connectivity index (χ2n) is 5.68. The first-order valence-electron chi connectivity index (χ1n) is 7.74. The molecule has 10 heteroatoms. The zero-order chi connectivity index (χ0) is 20.2. The molecule has 0 spiro atoms. The van der Waals surface area contributed by atoms with Crippen molar-refractivity contribution in [2.45, 2.75) is 4.90 Å². The molecule has 2 aromatic rings. The van der Waals surface area contributed by atoms with Crippen LogP contribution in [0.4, 0.5) is 15.8 Å². The Morgan fingerprint density at radius 1 is 1.19 bits per heavy atom. The second kappa shape index (κ2) is 8.55. The zero-order valence-corrected chi connectivity index (χ0v) is 16.5. The third-order valence-corrected chi connectivity index (χ3v) is 5.64. The molecule has 0 aliphatic heterocycles. The lowest BCUT2D eigenvalue weighted by Gasteiger charge is -2.15. The lowest BCUT2D eigenvalue weighted by Crippen LogP contribution is -2.24. The van der Waals surface area contributed by atoms with Crippen molar-refractivity contribution in [2.75, 3.05) is 38.4 Å². The van der Waals surface area contributed by atoms with Crippen molar-refractivity contribution >= 4 is 38.9 Å². The summed E-state index contributed by atoms with van der Waals surface area (Å²) in [6.07, 6.45) is 0. The van der Waals surface area contributed by atoms with Crippen LogP contribution in [0.3, 0.4) is 0 Å². The van der Waals surface area contributed by atoms with Crippen LogP contribution in [0.2, 0.25) is 5.02 Å². The summed E-state index contributed by atoms with van der Waals surface area (Å²) in [5.74, 6) is -0.786. The van der Waals surface area contributed by atoms with Gasteiger partial charge in [-0.1, -0.05) is 11.6 Å². The molecule has 146 valence electrons. The molecule has 0 radical (unpaired) electrons. The van der Waals surface area contributed by atoms with Gasteiger partial charge in [0.05, 0.1) is 29.9 Å². The highest BCUT2D eigenvalue weighted by Gasteiger charge is 2.20. The van der Waals surface area contributed by atoms with Crippen molar-refractivity contribution in [3.8, 4) is 5.75 Å². The number of sulfonamides is 1. The van der Waals surface area contributed by atoms with Gasteiger partial charge in [-0.05, 0) is 36.4 Å². The summed E-state index contributed by atoms with van der Waals surface area (Å²) >= 11 is 5.80. The number of nitrogens with zero attached hydrogens (tertiary/aromatic N) is 1. The molecular weight excluding hydrogens is 397 g/mol. The summed E-state index contributed by atoms with van der Waals surface area (Å²) in [5, 5.41) is 5.51. The molecule has 0 aromatic heterocycles. The van der Waals surface area contributed by atoms with E-state index in [0.717, 1.165) is 4.31 Å². The standard InChI is InChI=1S/C17H19ClFN3O4S/c1-22(2)27(24,25)12-5-7-16(26-3)15(9-12)21-17(23)10-20-14-8-11(18)4-6-13(14)19/h4-9,20H,10H2,1-3H3,(H,21,23). The minimum absolute atomic E-state index is 0.00237.